The van der Waals surface area contributed by atoms with Gasteiger partial charge in [-0.15, -0.1) is 0 Å². The van der Waals surface area contributed by atoms with Crippen molar-refractivity contribution in [3.05, 3.63) is 78.4 Å². The van der Waals surface area contributed by atoms with E-state index in [2.05, 4.69) is 30.5 Å². The lowest BCUT2D eigenvalue weighted by Gasteiger charge is -2.17. The van der Waals surface area contributed by atoms with Crippen molar-refractivity contribution >= 4 is 17.4 Å². The third-order valence-corrected chi connectivity index (χ3v) is 5.45. The fraction of sp³-hybridized carbons (Fsp3) is 0.200. The molecule has 1 amide bonds. The second kappa shape index (κ2) is 8.39. The van der Waals surface area contributed by atoms with Gasteiger partial charge in [-0.2, -0.15) is 10.2 Å². The van der Waals surface area contributed by atoms with E-state index < -0.39 is 0 Å². The number of aromatic nitrogens is 7. The van der Waals surface area contributed by atoms with Crippen LogP contribution in [0.3, 0.4) is 0 Å². The average Bonchev–Trinajstić information content (AvgIpc) is 3.41. The van der Waals surface area contributed by atoms with Gasteiger partial charge in [0.25, 0.3) is 5.91 Å². The highest BCUT2D eigenvalue weighted by Gasteiger charge is 2.19. The Hall–Kier alpha value is -4.47. The number of carbonyl (C=O) groups excluding carboxylic acids is 1. The summed E-state index contributed by atoms with van der Waals surface area (Å²) in [5.74, 6) is -0.344. The first kappa shape index (κ1) is 22.3. The number of fused-ring (bicyclic) bond motifs is 1. The molecule has 176 valence electrons. The van der Waals surface area contributed by atoms with Gasteiger partial charge in [-0.05, 0) is 42.5 Å². The van der Waals surface area contributed by atoms with Gasteiger partial charge in [-0.1, -0.05) is 20.8 Å². The smallest absolute Gasteiger partial charge is 0.275 e. The molecule has 35 heavy (non-hydrogen) atoms. The molecule has 0 saturated heterocycles. The lowest BCUT2D eigenvalue weighted by Crippen LogP contribution is -2.18. The van der Waals surface area contributed by atoms with Crippen LogP contribution in [0.4, 0.5) is 10.2 Å². The molecule has 9 nitrogen and oxygen atoms in total. The number of halogens is 1. The molecule has 0 fully saturated rings. The van der Waals surface area contributed by atoms with Crippen molar-refractivity contribution in [3.63, 3.8) is 0 Å². The Morgan fingerprint density at radius 1 is 1.00 bits per heavy atom. The first-order valence-corrected chi connectivity index (χ1v) is 11.0. The Labute approximate surface area is 200 Å². The van der Waals surface area contributed by atoms with Crippen LogP contribution in [-0.4, -0.2) is 40.3 Å². The topological polar surface area (TPSA) is 103 Å². The summed E-state index contributed by atoms with van der Waals surface area (Å²) in [7, 11) is 1.82. The highest BCUT2D eigenvalue weighted by molar-refractivity contribution is 6.02. The summed E-state index contributed by atoms with van der Waals surface area (Å²) < 4.78 is 16.7. The zero-order valence-electron chi connectivity index (χ0n) is 19.7. The molecule has 0 aliphatic carbocycles. The molecule has 5 rings (SSSR count). The van der Waals surface area contributed by atoms with Crippen LogP contribution in [0.25, 0.3) is 28.2 Å². The van der Waals surface area contributed by atoms with E-state index in [1.807, 2.05) is 46.1 Å². The first-order chi connectivity index (χ1) is 16.7. The molecule has 0 bridgehead atoms. The van der Waals surface area contributed by atoms with Gasteiger partial charge >= 0.3 is 0 Å². The number of nitrogens with zero attached hydrogens (tertiary/aromatic N) is 7. The second-order valence-electron chi connectivity index (χ2n) is 9.21. The monoisotopic (exact) mass is 470 g/mol. The van der Waals surface area contributed by atoms with Crippen LogP contribution >= 0.6 is 0 Å². The molecule has 4 aromatic heterocycles. The number of carbonyl (C=O) groups is 1. The van der Waals surface area contributed by atoms with Gasteiger partial charge in [0.1, 0.15) is 23.5 Å². The number of imidazole rings is 1. The molecule has 0 aliphatic rings. The molecule has 0 atom stereocenters. The van der Waals surface area contributed by atoms with E-state index in [0.29, 0.717) is 22.9 Å². The molecule has 0 unspecified atom stereocenters. The number of hydrogen-bond donors (Lipinski definition) is 1. The minimum absolute atomic E-state index is 0.208. The summed E-state index contributed by atoms with van der Waals surface area (Å²) in [5, 5.41) is 12.0. The number of rotatable bonds is 4. The SMILES string of the molecule is Cn1cc(-c2ccc3nc(NC(=O)c4cc(C(C)(C)C)ncn4)cn3n2)c(-c2ccc(F)cc2)n1. The maximum absolute atomic E-state index is 13.4. The minimum Gasteiger partial charge on any atom is -0.304 e. The molecule has 5 aromatic rings. The van der Waals surface area contributed by atoms with E-state index >= 15 is 0 Å². The maximum Gasteiger partial charge on any atom is 0.275 e. The van der Waals surface area contributed by atoms with E-state index in [0.717, 1.165) is 16.8 Å². The van der Waals surface area contributed by atoms with Gasteiger partial charge in [0.2, 0.25) is 0 Å². The average molecular weight is 471 g/mol. The summed E-state index contributed by atoms with van der Waals surface area (Å²) in [4.78, 5) is 25.6. The molecule has 10 heteroatoms. The Balaban J connectivity index is 1.44. The van der Waals surface area contributed by atoms with Crippen LogP contribution in [0.15, 0.2) is 61.2 Å². The zero-order chi connectivity index (χ0) is 24.7. The van der Waals surface area contributed by atoms with E-state index in [1.165, 1.54) is 18.5 Å². The number of hydrogen-bond acceptors (Lipinski definition) is 6. The van der Waals surface area contributed by atoms with Gasteiger partial charge < -0.3 is 5.32 Å². The highest BCUT2D eigenvalue weighted by Crippen LogP contribution is 2.30. The second-order valence-corrected chi connectivity index (χ2v) is 9.21. The van der Waals surface area contributed by atoms with Crippen molar-refractivity contribution in [2.75, 3.05) is 5.32 Å². The van der Waals surface area contributed by atoms with E-state index in [1.54, 1.807) is 33.6 Å². The zero-order valence-corrected chi connectivity index (χ0v) is 19.7. The van der Waals surface area contributed by atoms with Crippen LogP contribution in [-0.2, 0) is 12.5 Å². The van der Waals surface area contributed by atoms with Crippen LogP contribution < -0.4 is 5.32 Å². The lowest BCUT2D eigenvalue weighted by atomic mass is 9.91. The van der Waals surface area contributed by atoms with Crippen LogP contribution in [0.2, 0.25) is 0 Å². The fourth-order valence-electron chi connectivity index (χ4n) is 3.65. The standard InChI is InChI=1S/C25H23FN8O/c1-25(2,3)20-11-19(27-14-28-20)24(35)30-21-13-34-22(29-21)10-9-18(31-34)17-12-33(4)32-23(17)15-5-7-16(26)8-6-15/h5-14H,1-4H3,(H,30,35). The molecule has 1 N–H and O–H groups in total. The van der Waals surface area contributed by atoms with E-state index in [4.69, 9.17) is 0 Å². The van der Waals surface area contributed by atoms with Gasteiger partial charge in [-0.3, -0.25) is 9.48 Å². The molecule has 4 heterocycles. The predicted octanol–water partition coefficient (Wildman–Crippen LogP) is 4.28. The fourth-order valence-corrected chi connectivity index (χ4v) is 3.65. The number of nitrogens with one attached hydrogen (secondary N) is 1. The van der Waals surface area contributed by atoms with Crippen molar-refractivity contribution < 1.29 is 9.18 Å². The van der Waals surface area contributed by atoms with Crippen LogP contribution in [0, 0.1) is 5.82 Å². The Morgan fingerprint density at radius 3 is 2.51 bits per heavy atom. The van der Waals surface area contributed by atoms with Crippen molar-refractivity contribution in [1.29, 1.82) is 0 Å². The maximum atomic E-state index is 13.4. The quantitative estimate of drug-likeness (QED) is 0.421. The van der Waals surface area contributed by atoms with Gasteiger partial charge in [0, 0.05) is 35.5 Å². The van der Waals surface area contributed by atoms with Gasteiger partial charge in [-0.25, -0.2) is 23.9 Å². The molecular formula is C25H23FN8O. The summed E-state index contributed by atoms with van der Waals surface area (Å²) in [6.45, 7) is 6.06. The highest BCUT2D eigenvalue weighted by atomic mass is 19.1. The molecule has 1 aromatic carbocycles. The summed E-state index contributed by atoms with van der Waals surface area (Å²) >= 11 is 0. The largest absolute Gasteiger partial charge is 0.304 e. The van der Waals surface area contributed by atoms with Crippen molar-refractivity contribution in [2.45, 2.75) is 26.2 Å². The molecule has 0 aliphatic heterocycles. The van der Waals surface area contributed by atoms with E-state index in [-0.39, 0.29) is 22.8 Å². The Morgan fingerprint density at radius 2 is 1.77 bits per heavy atom. The predicted molar refractivity (Wildman–Crippen MR) is 129 cm³/mol. The molecule has 0 saturated carbocycles. The van der Waals surface area contributed by atoms with Gasteiger partial charge in [0.05, 0.1) is 11.9 Å². The minimum atomic E-state index is -0.382. The van der Waals surface area contributed by atoms with Gasteiger partial charge in [0.15, 0.2) is 11.5 Å². The summed E-state index contributed by atoms with van der Waals surface area (Å²) in [6.07, 6.45) is 4.88. The number of anilines is 1. The summed E-state index contributed by atoms with van der Waals surface area (Å²) in [5.41, 5.74) is 4.30. The lowest BCUT2D eigenvalue weighted by molar-refractivity contribution is 0.102. The van der Waals surface area contributed by atoms with E-state index in [9.17, 15) is 9.18 Å². The van der Waals surface area contributed by atoms with Crippen molar-refractivity contribution in [2.24, 2.45) is 7.05 Å². The van der Waals surface area contributed by atoms with Crippen molar-refractivity contribution in [1.82, 2.24) is 34.3 Å². The third kappa shape index (κ3) is 4.50. The number of aryl methyl sites for hydroxylation is 1. The Bertz CT molecular complexity index is 1550. The third-order valence-electron chi connectivity index (χ3n) is 5.45. The normalized spacial score (nSPS) is 11.7. The van der Waals surface area contributed by atoms with Crippen LogP contribution in [0.5, 0.6) is 0 Å². The van der Waals surface area contributed by atoms with Crippen molar-refractivity contribution in [3.8, 4) is 22.5 Å². The van der Waals surface area contributed by atoms with Crippen LogP contribution in [0.1, 0.15) is 37.0 Å². The first-order valence-electron chi connectivity index (χ1n) is 11.0. The molecule has 0 spiro atoms. The number of benzene rings is 1. The Kier molecular flexibility index (Phi) is 5.35. The number of amides is 1. The summed E-state index contributed by atoms with van der Waals surface area (Å²) in [6, 6.07) is 11.5. The molecule has 0 radical (unpaired) electrons. The molecular weight excluding hydrogens is 447 g/mol.